The van der Waals surface area contributed by atoms with E-state index in [1.807, 2.05) is 0 Å². The summed E-state index contributed by atoms with van der Waals surface area (Å²) in [6.07, 6.45) is -2.12. The fourth-order valence-corrected chi connectivity index (χ4v) is 4.01. The van der Waals surface area contributed by atoms with Gasteiger partial charge in [0.05, 0.1) is 11.8 Å². The van der Waals surface area contributed by atoms with Crippen molar-refractivity contribution in [1.82, 2.24) is 4.90 Å². The molecule has 1 amide bonds. The van der Waals surface area contributed by atoms with Crippen molar-refractivity contribution in [2.75, 3.05) is 6.54 Å². The molecule has 0 aromatic rings. The molecule has 3 rings (SSSR count). The number of alkyl halides is 3. The number of nitrogens with zero attached hydrogens (tertiary/aromatic N) is 1. The lowest BCUT2D eigenvalue weighted by atomic mass is 9.89. The topological polar surface area (TPSA) is 57.6 Å². The van der Waals surface area contributed by atoms with Crippen LogP contribution in [0.25, 0.3) is 0 Å². The van der Waals surface area contributed by atoms with Crippen LogP contribution in [0.1, 0.15) is 33.1 Å². The van der Waals surface area contributed by atoms with E-state index in [4.69, 9.17) is 0 Å². The van der Waals surface area contributed by atoms with Crippen molar-refractivity contribution in [2.24, 2.45) is 17.8 Å². The second kappa shape index (κ2) is 5.44. The number of hydrogen-bond donors (Lipinski definition) is 1. The van der Waals surface area contributed by atoms with Crippen molar-refractivity contribution in [3.8, 4) is 0 Å². The van der Waals surface area contributed by atoms with E-state index in [1.54, 1.807) is 19.9 Å². The highest BCUT2D eigenvalue weighted by Crippen LogP contribution is 2.47. The summed E-state index contributed by atoms with van der Waals surface area (Å²) in [6.45, 7) is 3.57. The van der Waals surface area contributed by atoms with Gasteiger partial charge in [0, 0.05) is 12.2 Å². The molecule has 2 unspecified atom stereocenters. The molecule has 0 spiro atoms. The molecule has 0 aromatic carbocycles. The number of allylic oxidation sites excluding steroid dienone is 3. The van der Waals surface area contributed by atoms with Gasteiger partial charge in [-0.3, -0.25) is 9.59 Å². The predicted molar refractivity (Wildman–Crippen MR) is 79.6 cm³/mol. The molecule has 2 aliphatic carbocycles. The molecule has 1 aliphatic heterocycles. The van der Waals surface area contributed by atoms with Crippen LogP contribution in [0.15, 0.2) is 23.4 Å². The average molecular weight is 343 g/mol. The first-order chi connectivity index (χ1) is 11.0. The Bertz CT molecular complexity index is 652. The van der Waals surface area contributed by atoms with Gasteiger partial charge in [0.1, 0.15) is 0 Å². The van der Waals surface area contributed by atoms with Gasteiger partial charge in [-0.15, -0.1) is 0 Å². The van der Waals surface area contributed by atoms with Crippen molar-refractivity contribution >= 4 is 11.7 Å². The van der Waals surface area contributed by atoms with E-state index >= 15 is 0 Å². The minimum absolute atomic E-state index is 0.112. The second-order valence-electron chi connectivity index (χ2n) is 7.11. The number of aliphatic hydroxyl groups is 1. The first-order valence-electron chi connectivity index (χ1n) is 8.11. The largest absolute Gasteiger partial charge is 0.417 e. The van der Waals surface area contributed by atoms with Gasteiger partial charge in [0.15, 0.2) is 11.4 Å². The van der Waals surface area contributed by atoms with E-state index in [1.165, 1.54) is 11.0 Å². The highest BCUT2D eigenvalue weighted by atomic mass is 19.4. The zero-order valence-electron chi connectivity index (χ0n) is 13.6. The number of rotatable bonds is 2. The van der Waals surface area contributed by atoms with Crippen molar-refractivity contribution < 1.29 is 27.9 Å². The molecule has 24 heavy (non-hydrogen) atoms. The summed E-state index contributed by atoms with van der Waals surface area (Å²) in [4.78, 5) is 25.9. The third kappa shape index (κ3) is 2.49. The molecule has 3 aliphatic rings. The summed E-state index contributed by atoms with van der Waals surface area (Å²) in [5.41, 5.74) is -1.28. The average Bonchev–Trinajstić information content (AvgIpc) is 2.98. The molecular formula is C17H20F3NO3. The molecule has 1 N–H and O–H groups in total. The van der Waals surface area contributed by atoms with Crippen molar-refractivity contribution in [1.29, 1.82) is 0 Å². The van der Waals surface area contributed by atoms with Crippen LogP contribution < -0.4 is 0 Å². The van der Waals surface area contributed by atoms with E-state index in [2.05, 4.69) is 0 Å². The van der Waals surface area contributed by atoms with Gasteiger partial charge in [0.2, 0.25) is 5.91 Å². The van der Waals surface area contributed by atoms with Gasteiger partial charge in [0.25, 0.3) is 0 Å². The van der Waals surface area contributed by atoms with Crippen LogP contribution in [-0.4, -0.2) is 40.0 Å². The zero-order chi connectivity index (χ0) is 17.9. The van der Waals surface area contributed by atoms with Crippen LogP contribution >= 0.6 is 0 Å². The van der Waals surface area contributed by atoms with E-state index in [9.17, 15) is 27.9 Å². The molecule has 0 aromatic heterocycles. The molecule has 4 atom stereocenters. The predicted octanol–water partition coefficient (Wildman–Crippen LogP) is 2.59. The monoisotopic (exact) mass is 343 g/mol. The molecule has 132 valence electrons. The van der Waals surface area contributed by atoms with E-state index in [0.29, 0.717) is 5.70 Å². The first-order valence-corrected chi connectivity index (χ1v) is 8.11. The number of halogens is 3. The van der Waals surface area contributed by atoms with Crippen LogP contribution in [0.2, 0.25) is 0 Å². The smallest absolute Gasteiger partial charge is 0.380 e. The van der Waals surface area contributed by atoms with Crippen LogP contribution in [-0.2, 0) is 9.59 Å². The Morgan fingerprint density at radius 1 is 1.25 bits per heavy atom. The van der Waals surface area contributed by atoms with Gasteiger partial charge in [-0.25, -0.2) is 0 Å². The van der Waals surface area contributed by atoms with Gasteiger partial charge in [-0.05, 0) is 50.7 Å². The summed E-state index contributed by atoms with van der Waals surface area (Å²) in [5, 5.41) is 9.81. The Labute approximate surface area is 138 Å². The maximum atomic E-state index is 13.0. The highest BCUT2D eigenvalue weighted by molar-refractivity contribution is 5.99. The Balaban J connectivity index is 1.81. The van der Waals surface area contributed by atoms with Crippen molar-refractivity contribution in [3.63, 3.8) is 0 Å². The lowest BCUT2D eigenvalue weighted by Crippen LogP contribution is -2.43. The van der Waals surface area contributed by atoms with E-state index < -0.39 is 36.0 Å². The zero-order valence-corrected chi connectivity index (χ0v) is 13.6. The molecule has 1 fully saturated rings. The molecule has 1 heterocycles. The summed E-state index contributed by atoms with van der Waals surface area (Å²) >= 11 is 0. The molecule has 0 radical (unpaired) electrons. The van der Waals surface area contributed by atoms with E-state index in [-0.39, 0.29) is 31.1 Å². The third-order valence-electron chi connectivity index (χ3n) is 5.51. The lowest BCUT2D eigenvalue weighted by Gasteiger charge is -2.29. The minimum Gasteiger partial charge on any atom is -0.380 e. The van der Waals surface area contributed by atoms with Gasteiger partial charge in [-0.1, -0.05) is 6.08 Å². The Morgan fingerprint density at radius 2 is 1.92 bits per heavy atom. The van der Waals surface area contributed by atoms with Crippen LogP contribution in [0, 0.1) is 17.8 Å². The fraction of sp³-hybridized carbons (Fsp3) is 0.647. The molecule has 1 saturated carbocycles. The number of amides is 1. The van der Waals surface area contributed by atoms with Gasteiger partial charge < -0.3 is 10.0 Å². The second-order valence-corrected chi connectivity index (χ2v) is 7.11. The fourth-order valence-electron chi connectivity index (χ4n) is 4.01. The SMILES string of the molecule is C[C@@H]1C(=O)N(CC2CCC(O)(C(F)(F)F)C2)C2=C1C=CC(=O)[C@@H]2C. The normalized spacial score (nSPS) is 36.8. The summed E-state index contributed by atoms with van der Waals surface area (Å²) < 4.78 is 38.9. The first kappa shape index (κ1) is 17.2. The molecule has 0 saturated heterocycles. The quantitative estimate of drug-likeness (QED) is 0.838. The van der Waals surface area contributed by atoms with E-state index in [0.717, 1.165) is 5.57 Å². The van der Waals surface area contributed by atoms with Crippen LogP contribution in [0.4, 0.5) is 13.2 Å². The summed E-state index contributed by atoms with van der Waals surface area (Å²) in [5.74, 6) is -1.60. The van der Waals surface area contributed by atoms with Gasteiger partial charge in [-0.2, -0.15) is 13.2 Å². The number of hydrogen-bond acceptors (Lipinski definition) is 3. The Hall–Kier alpha value is -1.63. The summed E-state index contributed by atoms with van der Waals surface area (Å²) in [6, 6.07) is 0. The highest BCUT2D eigenvalue weighted by Gasteiger charge is 2.57. The number of carbonyl (C=O) groups is 2. The van der Waals surface area contributed by atoms with Crippen LogP contribution in [0.3, 0.4) is 0 Å². The molecular weight excluding hydrogens is 323 g/mol. The van der Waals surface area contributed by atoms with Gasteiger partial charge >= 0.3 is 6.18 Å². The van der Waals surface area contributed by atoms with Crippen molar-refractivity contribution in [3.05, 3.63) is 23.4 Å². The van der Waals surface area contributed by atoms with Crippen LogP contribution in [0.5, 0.6) is 0 Å². The maximum absolute atomic E-state index is 13.0. The number of carbonyl (C=O) groups excluding carboxylic acids is 2. The maximum Gasteiger partial charge on any atom is 0.417 e. The Morgan fingerprint density at radius 3 is 2.50 bits per heavy atom. The van der Waals surface area contributed by atoms with Crippen molar-refractivity contribution in [2.45, 2.75) is 44.9 Å². The minimum atomic E-state index is -4.66. The molecule has 7 heteroatoms. The molecule has 0 bridgehead atoms. The third-order valence-corrected chi connectivity index (χ3v) is 5.51. The summed E-state index contributed by atoms with van der Waals surface area (Å²) in [7, 11) is 0. The molecule has 4 nitrogen and oxygen atoms in total. The number of ketones is 1. The Kier molecular flexibility index (Phi) is 3.90. The standard InChI is InChI=1S/C17H20F3NO3/c1-9-12-3-4-13(22)10(2)14(12)21(15(9)23)8-11-5-6-16(24,7-11)17(18,19)20/h3-4,9-11,24H,5-8H2,1-2H3/t9-,10-,11?,16?/m0/s1. The lowest BCUT2D eigenvalue weighted by molar-refractivity contribution is -0.258.